The third kappa shape index (κ3) is 11.5. The lowest BCUT2D eigenvalue weighted by atomic mass is 9.81. The van der Waals surface area contributed by atoms with E-state index in [2.05, 4.69) is 20.5 Å². The maximum atomic E-state index is 13.3. The summed E-state index contributed by atoms with van der Waals surface area (Å²) < 4.78 is 56.0. The fraction of sp³-hybridized carbons (Fsp3) is 0.576. The first-order valence-corrected chi connectivity index (χ1v) is 17.9. The van der Waals surface area contributed by atoms with Crippen molar-refractivity contribution in [2.24, 2.45) is 16.4 Å². The molecule has 1 unspecified atom stereocenters. The summed E-state index contributed by atoms with van der Waals surface area (Å²) in [5.74, 6) is 0.459. The number of alkyl carbamates (subject to hydrolysis) is 1. The van der Waals surface area contributed by atoms with Gasteiger partial charge in [0.25, 0.3) is 0 Å². The molecular formula is C33H48N5O11S+. The molecule has 1 amide bonds. The number of benzene rings is 2. The first-order valence-electron chi connectivity index (χ1n) is 16.4. The second-order valence-corrected chi connectivity index (χ2v) is 14.8. The van der Waals surface area contributed by atoms with E-state index in [0.717, 1.165) is 12.0 Å². The average molecular weight is 723 g/mol. The van der Waals surface area contributed by atoms with E-state index in [0.29, 0.717) is 38.0 Å². The zero-order valence-corrected chi connectivity index (χ0v) is 29.5. The first kappa shape index (κ1) is 38.8. The molecule has 17 heteroatoms. The van der Waals surface area contributed by atoms with Crippen molar-refractivity contribution in [1.29, 1.82) is 0 Å². The zero-order valence-electron chi connectivity index (χ0n) is 28.7. The Kier molecular flexibility index (Phi) is 13.8. The molecule has 0 radical (unpaired) electrons. The van der Waals surface area contributed by atoms with Gasteiger partial charge in [-0.15, -0.1) is 0 Å². The second-order valence-electron chi connectivity index (χ2n) is 13.1. The smallest absolute Gasteiger partial charge is 0.407 e. The van der Waals surface area contributed by atoms with Crippen LogP contribution in [0.25, 0.3) is 0 Å². The van der Waals surface area contributed by atoms with Crippen LogP contribution in [0.3, 0.4) is 0 Å². The molecule has 50 heavy (non-hydrogen) atoms. The molecule has 2 aliphatic rings. The Morgan fingerprint density at radius 3 is 2.42 bits per heavy atom. The number of hydrogen-bond acceptors (Lipinski definition) is 10. The topological polar surface area (TPSA) is 206 Å². The van der Waals surface area contributed by atoms with Crippen molar-refractivity contribution in [2.75, 3.05) is 27.4 Å². The summed E-state index contributed by atoms with van der Waals surface area (Å²) in [6, 6.07) is 14.2. The van der Waals surface area contributed by atoms with Crippen molar-refractivity contribution in [1.82, 2.24) is 15.4 Å². The highest BCUT2D eigenvalue weighted by Gasteiger charge is 2.44. The van der Waals surface area contributed by atoms with E-state index in [1.165, 1.54) is 38.5 Å². The molecule has 4 rings (SSSR count). The van der Waals surface area contributed by atoms with Crippen LogP contribution in [0.5, 0.6) is 5.75 Å². The highest BCUT2D eigenvalue weighted by Crippen LogP contribution is 2.33. The number of amides is 1. The van der Waals surface area contributed by atoms with Crippen LogP contribution in [0, 0.1) is 16.2 Å². The molecule has 276 valence electrons. The summed E-state index contributed by atoms with van der Waals surface area (Å²) in [6.07, 6.45) is -0.840. The van der Waals surface area contributed by atoms with Crippen molar-refractivity contribution >= 4 is 22.1 Å². The van der Waals surface area contributed by atoms with E-state index in [9.17, 15) is 23.2 Å². The molecule has 16 nitrogen and oxygen atoms in total. The summed E-state index contributed by atoms with van der Waals surface area (Å²) in [7, 11) is -1.40. The number of nitrogens with one attached hydrogen (secondary N) is 3. The number of sulfonamides is 1. The molecule has 2 aliphatic heterocycles. The van der Waals surface area contributed by atoms with Gasteiger partial charge in [-0.1, -0.05) is 44.2 Å². The van der Waals surface area contributed by atoms with E-state index in [1.807, 2.05) is 44.2 Å². The molecule has 2 heterocycles. The fourth-order valence-corrected chi connectivity index (χ4v) is 7.13. The van der Waals surface area contributed by atoms with Gasteiger partial charge in [0.05, 0.1) is 56.6 Å². The average Bonchev–Trinajstić information content (AvgIpc) is 3.71. The van der Waals surface area contributed by atoms with Crippen molar-refractivity contribution in [3.8, 4) is 5.75 Å². The molecule has 0 spiro atoms. The van der Waals surface area contributed by atoms with Crippen LogP contribution in [-0.2, 0) is 35.4 Å². The van der Waals surface area contributed by atoms with Gasteiger partial charge in [-0.3, -0.25) is 0 Å². The Balaban J connectivity index is 1.40. The summed E-state index contributed by atoms with van der Waals surface area (Å²) in [5.41, 5.74) is 0.493. The summed E-state index contributed by atoms with van der Waals surface area (Å²) in [6.45, 7) is 4.75. The van der Waals surface area contributed by atoms with E-state index >= 15 is 0 Å². The van der Waals surface area contributed by atoms with Crippen LogP contribution in [0.15, 0.2) is 64.6 Å². The van der Waals surface area contributed by atoms with Gasteiger partial charge in [0, 0.05) is 0 Å². The van der Waals surface area contributed by atoms with Crippen LogP contribution in [0.2, 0.25) is 0 Å². The molecule has 0 aromatic heterocycles. The van der Waals surface area contributed by atoms with Gasteiger partial charge in [-0.05, 0) is 73.8 Å². The number of aliphatic hydroxyl groups excluding tert-OH is 1. The normalized spacial score (nSPS) is 21.1. The molecule has 2 aromatic rings. The zero-order chi connectivity index (χ0) is 36.3. The number of carbonyl (C=O) groups excluding carboxylic acids is 1. The Hall–Kier alpha value is -4.03. The summed E-state index contributed by atoms with van der Waals surface area (Å²) in [5, 5.41) is 28.6. The number of rotatable bonds is 17. The van der Waals surface area contributed by atoms with Crippen LogP contribution in [-0.4, -0.2) is 94.0 Å². The predicted octanol–water partition coefficient (Wildman–Crippen LogP) is 3.02. The van der Waals surface area contributed by atoms with Gasteiger partial charge >= 0.3 is 17.1 Å². The number of ether oxygens (including phenoxy) is 5. The largest absolute Gasteiger partial charge is 0.497 e. The lowest BCUT2D eigenvalue weighted by molar-refractivity contribution is -0.797. The lowest BCUT2D eigenvalue weighted by Crippen LogP contribution is -2.49. The second kappa shape index (κ2) is 17.8. The van der Waals surface area contributed by atoms with Gasteiger partial charge in [-0.25, -0.2) is 18.4 Å². The molecule has 6 atom stereocenters. The molecule has 0 bridgehead atoms. The van der Waals surface area contributed by atoms with E-state index in [-0.39, 0.29) is 30.1 Å². The van der Waals surface area contributed by atoms with Crippen molar-refractivity contribution in [3.63, 3.8) is 0 Å². The van der Waals surface area contributed by atoms with Gasteiger partial charge in [0.1, 0.15) is 16.8 Å². The molecular weight excluding hydrogens is 674 g/mol. The fourth-order valence-electron chi connectivity index (χ4n) is 5.95. The van der Waals surface area contributed by atoms with Crippen LogP contribution >= 0.6 is 0 Å². The first-order chi connectivity index (χ1) is 23.8. The third-order valence-electron chi connectivity index (χ3n) is 8.87. The van der Waals surface area contributed by atoms with Crippen LogP contribution < -0.4 is 20.1 Å². The molecule has 0 saturated carbocycles. The highest BCUT2D eigenvalue weighted by atomic mass is 32.2. The maximum absolute atomic E-state index is 13.3. The lowest BCUT2D eigenvalue weighted by Gasteiger charge is -2.31. The van der Waals surface area contributed by atoms with E-state index in [4.69, 9.17) is 28.9 Å². The van der Waals surface area contributed by atoms with Gasteiger partial charge < -0.3 is 39.4 Å². The molecule has 2 saturated heterocycles. The number of hydrogen-bond donors (Lipinski definition) is 5. The molecule has 0 aliphatic carbocycles. The van der Waals surface area contributed by atoms with Crippen LogP contribution in [0.1, 0.15) is 51.5 Å². The summed E-state index contributed by atoms with van der Waals surface area (Å²) in [4.78, 5) is 24.1. The maximum Gasteiger partial charge on any atom is 0.407 e. The Labute approximate surface area is 292 Å². The minimum Gasteiger partial charge on any atom is -0.497 e. The number of aliphatic hydroxyl groups is 1. The number of fused-ring (bicyclic) bond motifs is 1. The third-order valence-corrected chi connectivity index (χ3v) is 10.4. The van der Waals surface area contributed by atoms with Crippen molar-refractivity contribution in [2.45, 2.75) is 88.0 Å². The van der Waals surface area contributed by atoms with Crippen molar-refractivity contribution in [3.05, 3.63) is 65.1 Å². The molecule has 5 N–H and O–H groups in total. The predicted molar refractivity (Wildman–Crippen MR) is 179 cm³/mol. The number of amidine groups is 1. The van der Waals surface area contributed by atoms with Gasteiger partial charge in [-0.2, -0.15) is 4.72 Å². The van der Waals surface area contributed by atoms with E-state index in [1.54, 1.807) is 0 Å². The van der Waals surface area contributed by atoms with Gasteiger partial charge in [0.15, 0.2) is 11.4 Å². The molecule has 2 aromatic carbocycles. The SMILES string of the molecule is COC(=N[N+](=O)O)NC(CCC(C)(C)CC[C@@H](O)[C@H](Cc1ccccc1)NC(=O)O[C@H]1CO[C@H]2OCC[C@H]21)NS(=O)(=O)c1ccc(OC)cc1. The number of methoxy groups -OCH3 is 2. The van der Waals surface area contributed by atoms with Crippen LogP contribution in [0.4, 0.5) is 4.79 Å². The quantitative estimate of drug-likeness (QED) is 0.0692. The Morgan fingerprint density at radius 1 is 1.06 bits per heavy atom. The minimum atomic E-state index is -4.07. The Morgan fingerprint density at radius 2 is 1.76 bits per heavy atom. The van der Waals surface area contributed by atoms with E-state index < -0.39 is 57.0 Å². The standard InChI is InChI=1S/C33H47N5O11S/c1-33(2,18-15-29(35-31(46-4)36-38(41)42)37-50(43,44)24-12-10-23(45-3)11-13-24)17-14-27(39)26(20-22-8-6-5-7-9-22)34-32(40)49-28-21-48-30-25(28)16-19-47-30/h5-13,25-30,37,39H,14-21H2,1-4H3,(H2-,34,35,36,40,41,42)/p+1/t25-,26-,27+,28-,29?,30+/m0/s1. The molecule has 2 fully saturated rings. The highest BCUT2D eigenvalue weighted by molar-refractivity contribution is 7.89. The minimum absolute atomic E-state index is 0.0211. The number of nitrogens with zero attached hydrogens (tertiary/aromatic N) is 2. The van der Waals surface area contributed by atoms with Gasteiger partial charge in [0.2, 0.25) is 10.0 Å². The summed E-state index contributed by atoms with van der Waals surface area (Å²) >= 11 is 0. The monoisotopic (exact) mass is 722 g/mol. The number of hydrazone groups is 1. The van der Waals surface area contributed by atoms with Crippen molar-refractivity contribution < 1.29 is 52.2 Å². The Bertz CT molecular complexity index is 1540. The number of carbonyl (C=O) groups is 1.